The van der Waals surface area contributed by atoms with Gasteiger partial charge in [-0.2, -0.15) is 0 Å². The summed E-state index contributed by atoms with van der Waals surface area (Å²) in [5.41, 5.74) is 2.41. The van der Waals surface area contributed by atoms with Crippen LogP contribution in [0.1, 0.15) is 81.6 Å². The number of carbonyl (C=O) groups is 1. The first-order valence-electron chi connectivity index (χ1n) is 13.8. The Morgan fingerprint density at radius 1 is 0.917 bits per heavy atom. The molecule has 2 aliphatic carbocycles. The molecule has 2 saturated carbocycles. The van der Waals surface area contributed by atoms with Crippen molar-refractivity contribution >= 4 is 22.9 Å². The topological polar surface area (TPSA) is 67.8 Å². The molecular formula is C28H40N4O3S. The van der Waals surface area contributed by atoms with Crippen molar-refractivity contribution in [3.8, 4) is 10.6 Å². The molecule has 3 aliphatic rings. The van der Waals surface area contributed by atoms with E-state index in [0.717, 1.165) is 67.2 Å². The molecule has 7 nitrogen and oxygen atoms in total. The van der Waals surface area contributed by atoms with E-state index in [-0.39, 0.29) is 11.8 Å². The second kappa shape index (κ2) is 12.0. The summed E-state index contributed by atoms with van der Waals surface area (Å²) in [6.07, 6.45) is 13.4. The van der Waals surface area contributed by atoms with Gasteiger partial charge in [0.05, 0.1) is 19.3 Å². The van der Waals surface area contributed by atoms with E-state index in [0.29, 0.717) is 18.1 Å². The van der Waals surface area contributed by atoms with Gasteiger partial charge in [0.15, 0.2) is 0 Å². The van der Waals surface area contributed by atoms with Gasteiger partial charge in [0.1, 0.15) is 10.0 Å². The molecule has 3 fully saturated rings. The highest BCUT2D eigenvalue weighted by Crippen LogP contribution is 2.39. The third-order valence-electron chi connectivity index (χ3n) is 8.31. The summed E-state index contributed by atoms with van der Waals surface area (Å²) in [5.74, 6) is 0.523. The van der Waals surface area contributed by atoms with Gasteiger partial charge in [-0.15, -0.1) is 10.2 Å². The minimum atomic E-state index is 0.0509. The zero-order valence-corrected chi connectivity index (χ0v) is 22.5. The van der Waals surface area contributed by atoms with Crippen molar-refractivity contribution in [3.05, 3.63) is 29.3 Å². The Morgan fingerprint density at radius 3 is 2.25 bits per heavy atom. The van der Waals surface area contributed by atoms with Crippen molar-refractivity contribution < 1.29 is 14.4 Å². The van der Waals surface area contributed by atoms with Crippen LogP contribution in [0.4, 0.5) is 5.69 Å². The Kier molecular flexibility index (Phi) is 8.54. The molecule has 8 heteroatoms. The van der Waals surface area contributed by atoms with E-state index in [9.17, 15) is 4.79 Å². The maximum Gasteiger partial charge on any atom is 0.248 e. The van der Waals surface area contributed by atoms with Crippen LogP contribution in [0.25, 0.3) is 10.6 Å². The van der Waals surface area contributed by atoms with E-state index in [4.69, 9.17) is 9.57 Å². The maximum absolute atomic E-state index is 12.4. The van der Waals surface area contributed by atoms with E-state index in [2.05, 4.69) is 39.4 Å². The van der Waals surface area contributed by atoms with E-state index in [1.807, 2.05) is 0 Å². The highest BCUT2D eigenvalue weighted by atomic mass is 32.1. The summed E-state index contributed by atoms with van der Waals surface area (Å²) in [4.78, 5) is 19.9. The first-order chi connectivity index (χ1) is 17.6. The molecule has 2 aromatic rings. The Hall–Kier alpha value is -2.03. The number of benzene rings is 1. The maximum atomic E-state index is 12.4. The SMILES string of the molecule is CON(C)C(=O)C1CCC(c2nnc(-c3ccc(N4CCC(OC5CCCCC5)CC4)cc3)s2)CC1. The Labute approximate surface area is 219 Å². The molecule has 1 aromatic carbocycles. The first-order valence-corrected chi connectivity index (χ1v) is 14.6. The lowest BCUT2D eigenvalue weighted by Crippen LogP contribution is -2.38. The first kappa shape index (κ1) is 25.6. The average molecular weight is 513 g/mol. The molecule has 1 aliphatic heterocycles. The number of hydrogen-bond acceptors (Lipinski definition) is 7. The van der Waals surface area contributed by atoms with Gasteiger partial charge in [0, 0.05) is 43.2 Å². The van der Waals surface area contributed by atoms with E-state index in [1.165, 1.54) is 50.0 Å². The highest BCUT2D eigenvalue weighted by Gasteiger charge is 2.31. The van der Waals surface area contributed by atoms with Crippen LogP contribution in [0.5, 0.6) is 0 Å². The average Bonchev–Trinajstić information content (AvgIpc) is 3.44. The van der Waals surface area contributed by atoms with Gasteiger partial charge in [0.2, 0.25) is 5.91 Å². The summed E-state index contributed by atoms with van der Waals surface area (Å²) in [6, 6.07) is 8.81. The van der Waals surface area contributed by atoms with Crippen molar-refractivity contribution in [2.75, 3.05) is 32.1 Å². The van der Waals surface area contributed by atoms with Crippen LogP contribution in [0.3, 0.4) is 0 Å². The number of piperidine rings is 1. The monoisotopic (exact) mass is 512 g/mol. The fourth-order valence-electron chi connectivity index (χ4n) is 5.99. The minimum absolute atomic E-state index is 0.0509. The largest absolute Gasteiger partial charge is 0.375 e. The van der Waals surface area contributed by atoms with Crippen LogP contribution in [0.15, 0.2) is 24.3 Å². The van der Waals surface area contributed by atoms with Crippen molar-refractivity contribution in [3.63, 3.8) is 0 Å². The molecule has 1 amide bonds. The van der Waals surface area contributed by atoms with Gasteiger partial charge < -0.3 is 9.64 Å². The van der Waals surface area contributed by atoms with E-state index < -0.39 is 0 Å². The Bertz CT molecular complexity index is 975. The van der Waals surface area contributed by atoms with Gasteiger partial charge in [-0.25, -0.2) is 5.06 Å². The number of hydrogen-bond donors (Lipinski definition) is 0. The third-order valence-corrected chi connectivity index (χ3v) is 9.44. The number of rotatable bonds is 7. The van der Waals surface area contributed by atoms with E-state index >= 15 is 0 Å². The van der Waals surface area contributed by atoms with Gasteiger partial charge in [0.25, 0.3) is 0 Å². The van der Waals surface area contributed by atoms with Gasteiger partial charge >= 0.3 is 0 Å². The second-order valence-electron chi connectivity index (χ2n) is 10.6. The van der Waals surface area contributed by atoms with Crippen molar-refractivity contribution in [1.82, 2.24) is 15.3 Å². The Balaban J connectivity index is 1.11. The number of ether oxygens (including phenoxy) is 1. The molecule has 1 aromatic heterocycles. The lowest BCUT2D eigenvalue weighted by molar-refractivity contribution is -0.174. The van der Waals surface area contributed by atoms with Crippen LogP contribution < -0.4 is 4.90 Å². The number of aromatic nitrogens is 2. The summed E-state index contributed by atoms with van der Waals surface area (Å²) in [6.45, 7) is 2.12. The zero-order valence-electron chi connectivity index (χ0n) is 21.7. The van der Waals surface area contributed by atoms with Crippen LogP contribution in [0.2, 0.25) is 0 Å². The number of amides is 1. The van der Waals surface area contributed by atoms with Crippen molar-refractivity contribution in [2.45, 2.75) is 88.8 Å². The Morgan fingerprint density at radius 2 is 1.58 bits per heavy atom. The molecular weight excluding hydrogens is 472 g/mol. The van der Waals surface area contributed by atoms with E-state index in [1.54, 1.807) is 18.4 Å². The normalized spacial score (nSPS) is 24.1. The van der Waals surface area contributed by atoms with Crippen LogP contribution >= 0.6 is 11.3 Å². The summed E-state index contributed by atoms with van der Waals surface area (Å²) >= 11 is 1.70. The molecule has 0 spiro atoms. The molecule has 36 heavy (non-hydrogen) atoms. The predicted molar refractivity (Wildman–Crippen MR) is 143 cm³/mol. The second-order valence-corrected chi connectivity index (χ2v) is 11.7. The fourth-order valence-corrected chi connectivity index (χ4v) is 7.01. The quantitative estimate of drug-likeness (QED) is 0.436. The lowest BCUT2D eigenvalue weighted by atomic mass is 9.82. The third kappa shape index (κ3) is 6.09. The minimum Gasteiger partial charge on any atom is -0.375 e. The fraction of sp³-hybridized carbons (Fsp3) is 0.679. The number of nitrogens with zero attached hydrogens (tertiary/aromatic N) is 4. The smallest absolute Gasteiger partial charge is 0.248 e. The van der Waals surface area contributed by atoms with Gasteiger partial charge in [-0.05, 0) is 75.6 Å². The van der Waals surface area contributed by atoms with Crippen LogP contribution in [0, 0.1) is 5.92 Å². The summed E-state index contributed by atoms with van der Waals surface area (Å²) in [5, 5.41) is 12.5. The van der Waals surface area contributed by atoms with Crippen molar-refractivity contribution in [1.29, 1.82) is 0 Å². The highest BCUT2D eigenvalue weighted by molar-refractivity contribution is 7.14. The van der Waals surface area contributed by atoms with Gasteiger partial charge in [-0.3, -0.25) is 9.63 Å². The van der Waals surface area contributed by atoms with Crippen LogP contribution in [-0.4, -0.2) is 60.6 Å². The number of hydroxylamine groups is 2. The van der Waals surface area contributed by atoms with Gasteiger partial charge in [-0.1, -0.05) is 30.6 Å². The molecule has 0 N–H and O–H groups in total. The summed E-state index contributed by atoms with van der Waals surface area (Å²) in [7, 11) is 3.22. The molecule has 0 atom stereocenters. The zero-order chi connectivity index (χ0) is 24.9. The number of carbonyl (C=O) groups excluding carboxylic acids is 1. The lowest BCUT2D eigenvalue weighted by Gasteiger charge is -2.36. The molecule has 0 bridgehead atoms. The standard InChI is InChI=1S/C28H40N4O3S/c1-31(34-2)28(33)22-10-8-20(9-11-22)26-29-30-27(36-26)21-12-14-23(15-13-21)32-18-16-25(17-19-32)35-24-6-4-3-5-7-24/h12-15,20,22,24-25H,3-11,16-19H2,1-2H3. The molecule has 196 valence electrons. The van der Waals surface area contributed by atoms with Crippen LogP contribution in [-0.2, 0) is 14.4 Å². The molecule has 0 radical (unpaired) electrons. The summed E-state index contributed by atoms with van der Waals surface area (Å²) < 4.78 is 6.41. The predicted octanol–water partition coefficient (Wildman–Crippen LogP) is 5.82. The molecule has 0 unspecified atom stereocenters. The molecule has 5 rings (SSSR count). The molecule has 1 saturated heterocycles. The van der Waals surface area contributed by atoms with Crippen molar-refractivity contribution in [2.24, 2.45) is 5.92 Å². The molecule has 2 heterocycles. The number of anilines is 1.